The third kappa shape index (κ3) is 3.44. The molecule has 0 radical (unpaired) electrons. The fourth-order valence-electron chi connectivity index (χ4n) is 0.632. The molecule has 0 saturated carbocycles. The van der Waals surface area contributed by atoms with Crippen LogP contribution >= 0.6 is 27.3 Å². The second kappa shape index (κ2) is 4.40. The van der Waals surface area contributed by atoms with Crippen LogP contribution in [0.15, 0.2) is 15.9 Å². The molecular weight excluding hydrogens is 321 g/mol. The highest BCUT2D eigenvalue weighted by Gasteiger charge is 2.47. The zero-order valence-corrected chi connectivity index (χ0v) is 10.1. The summed E-state index contributed by atoms with van der Waals surface area (Å²) in [6.45, 7) is -0.613. The average Bonchev–Trinajstić information content (AvgIpc) is 2.46. The van der Waals surface area contributed by atoms with Crippen molar-refractivity contribution in [2.45, 2.75) is 12.1 Å². The van der Waals surface area contributed by atoms with Gasteiger partial charge in [0.1, 0.15) is 6.61 Å². The summed E-state index contributed by atoms with van der Waals surface area (Å²) < 4.78 is 60.9. The van der Waals surface area contributed by atoms with Gasteiger partial charge in [0.15, 0.2) is 0 Å². The molecule has 3 nitrogen and oxygen atoms in total. The summed E-state index contributed by atoms with van der Waals surface area (Å²) in [6, 6.07) is 1.48. The minimum atomic E-state index is -5.50. The standard InChI is InChI=1S/C6H4BrF3O3S2/c7-4-1-5(14-3-4)2-13-15(11,12)6(8,9)10/h1,3H,2H2. The highest BCUT2D eigenvalue weighted by molar-refractivity contribution is 9.10. The molecule has 0 aliphatic rings. The van der Waals surface area contributed by atoms with Crippen molar-refractivity contribution in [3.63, 3.8) is 0 Å². The van der Waals surface area contributed by atoms with E-state index in [1.807, 2.05) is 0 Å². The quantitative estimate of drug-likeness (QED) is 0.634. The lowest BCUT2D eigenvalue weighted by molar-refractivity contribution is -0.0547. The van der Waals surface area contributed by atoms with Crippen LogP contribution < -0.4 is 0 Å². The van der Waals surface area contributed by atoms with Crippen molar-refractivity contribution in [2.24, 2.45) is 0 Å². The highest BCUT2D eigenvalue weighted by atomic mass is 79.9. The molecule has 0 N–H and O–H groups in total. The van der Waals surface area contributed by atoms with Gasteiger partial charge in [-0.15, -0.1) is 11.3 Å². The van der Waals surface area contributed by atoms with Gasteiger partial charge in [0.2, 0.25) is 0 Å². The first-order valence-electron chi connectivity index (χ1n) is 3.41. The Hall–Kier alpha value is -0.120. The molecular formula is C6H4BrF3O3S2. The molecule has 0 aliphatic heterocycles. The highest BCUT2D eigenvalue weighted by Crippen LogP contribution is 2.27. The Morgan fingerprint density at radius 1 is 1.47 bits per heavy atom. The molecule has 0 atom stereocenters. The first-order chi connectivity index (χ1) is 6.72. The molecule has 0 fully saturated rings. The van der Waals surface area contributed by atoms with Gasteiger partial charge < -0.3 is 0 Å². The minimum Gasteiger partial charge on any atom is -0.258 e. The first-order valence-corrected chi connectivity index (χ1v) is 6.49. The molecule has 0 unspecified atom stereocenters. The van der Waals surface area contributed by atoms with E-state index in [0.29, 0.717) is 9.35 Å². The van der Waals surface area contributed by atoms with Crippen LogP contribution in [-0.4, -0.2) is 13.9 Å². The van der Waals surface area contributed by atoms with Crippen molar-refractivity contribution in [3.05, 3.63) is 20.8 Å². The molecule has 1 rings (SSSR count). The van der Waals surface area contributed by atoms with Crippen LogP contribution in [0.25, 0.3) is 0 Å². The summed E-state index contributed by atoms with van der Waals surface area (Å²) in [5.74, 6) is 0. The van der Waals surface area contributed by atoms with E-state index in [4.69, 9.17) is 0 Å². The van der Waals surface area contributed by atoms with E-state index in [-0.39, 0.29) is 0 Å². The van der Waals surface area contributed by atoms with Crippen LogP contribution in [-0.2, 0) is 20.9 Å². The van der Waals surface area contributed by atoms with Crippen LogP contribution in [0.1, 0.15) is 4.88 Å². The van der Waals surface area contributed by atoms with Gasteiger partial charge >= 0.3 is 15.6 Å². The monoisotopic (exact) mass is 324 g/mol. The van der Waals surface area contributed by atoms with E-state index in [1.165, 1.54) is 6.07 Å². The summed E-state index contributed by atoms with van der Waals surface area (Å²) >= 11 is 4.17. The molecule has 0 saturated heterocycles. The average molecular weight is 325 g/mol. The van der Waals surface area contributed by atoms with Gasteiger partial charge in [-0.3, -0.25) is 4.18 Å². The smallest absolute Gasteiger partial charge is 0.258 e. The Morgan fingerprint density at radius 3 is 2.47 bits per heavy atom. The Labute approximate surface area is 96.1 Å². The van der Waals surface area contributed by atoms with Crippen LogP contribution in [0, 0.1) is 0 Å². The Morgan fingerprint density at radius 2 is 2.07 bits per heavy atom. The Balaban J connectivity index is 2.66. The molecule has 1 aromatic heterocycles. The SMILES string of the molecule is O=S(=O)(OCc1cc(Br)cs1)C(F)(F)F. The van der Waals surface area contributed by atoms with E-state index in [0.717, 1.165) is 11.3 Å². The second-order valence-electron chi connectivity index (χ2n) is 2.39. The molecule has 1 aromatic rings. The number of hydrogen-bond donors (Lipinski definition) is 0. The summed E-state index contributed by atoms with van der Waals surface area (Å²) in [5.41, 5.74) is -5.37. The maximum Gasteiger partial charge on any atom is 0.523 e. The van der Waals surface area contributed by atoms with E-state index in [1.54, 1.807) is 5.38 Å². The summed E-state index contributed by atoms with van der Waals surface area (Å²) in [5, 5.41) is 1.61. The van der Waals surface area contributed by atoms with Gasteiger partial charge in [0.25, 0.3) is 0 Å². The largest absolute Gasteiger partial charge is 0.523 e. The van der Waals surface area contributed by atoms with Crippen molar-refractivity contribution < 1.29 is 25.8 Å². The molecule has 86 valence electrons. The Bertz CT molecular complexity index is 437. The third-order valence-corrected chi connectivity index (χ3v) is 3.93. The lowest BCUT2D eigenvalue weighted by atomic mass is 10.5. The Kier molecular flexibility index (Phi) is 3.80. The predicted octanol–water partition coefficient (Wildman–Crippen LogP) is 2.88. The van der Waals surface area contributed by atoms with Gasteiger partial charge in [-0.1, -0.05) is 0 Å². The van der Waals surface area contributed by atoms with Crippen molar-refractivity contribution in [1.82, 2.24) is 0 Å². The normalized spacial score (nSPS) is 13.1. The van der Waals surface area contributed by atoms with E-state index in [9.17, 15) is 21.6 Å². The van der Waals surface area contributed by atoms with Gasteiger partial charge in [-0.25, -0.2) is 0 Å². The molecule has 0 amide bonds. The topological polar surface area (TPSA) is 43.4 Å². The molecule has 1 heterocycles. The van der Waals surface area contributed by atoms with Crippen LogP contribution in [0.4, 0.5) is 13.2 Å². The van der Waals surface area contributed by atoms with E-state index >= 15 is 0 Å². The predicted molar refractivity (Wildman–Crippen MR) is 51.8 cm³/mol. The zero-order chi connectivity index (χ0) is 11.7. The van der Waals surface area contributed by atoms with Gasteiger partial charge in [-0.2, -0.15) is 21.6 Å². The van der Waals surface area contributed by atoms with Crippen molar-refractivity contribution in [1.29, 1.82) is 0 Å². The second-order valence-corrected chi connectivity index (χ2v) is 5.91. The van der Waals surface area contributed by atoms with Crippen LogP contribution in [0.2, 0.25) is 0 Å². The van der Waals surface area contributed by atoms with Gasteiger partial charge in [0, 0.05) is 14.7 Å². The van der Waals surface area contributed by atoms with Crippen LogP contribution in [0.5, 0.6) is 0 Å². The number of halogens is 4. The number of hydrogen-bond acceptors (Lipinski definition) is 4. The molecule has 0 aromatic carbocycles. The summed E-state index contributed by atoms with van der Waals surface area (Å²) in [6.07, 6.45) is 0. The third-order valence-electron chi connectivity index (χ3n) is 1.26. The number of alkyl halides is 3. The first kappa shape index (κ1) is 12.9. The van der Waals surface area contributed by atoms with Crippen LogP contribution in [0.3, 0.4) is 0 Å². The molecule has 15 heavy (non-hydrogen) atoms. The molecule has 0 spiro atoms. The minimum absolute atomic E-state index is 0.384. The zero-order valence-electron chi connectivity index (χ0n) is 6.91. The maximum atomic E-state index is 11.8. The molecule has 0 aliphatic carbocycles. The van der Waals surface area contributed by atoms with Crippen molar-refractivity contribution in [2.75, 3.05) is 0 Å². The molecule has 9 heteroatoms. The summed E-state index contributed by atoms with van der Waals surface area (Å²) in [4.78, 5) is 0.384. The fraction of sp³-hybridized carbons (Fsp3) is 0.333. The summed E-state index contributed by atoms with van der Waals surface area (Å²) in [7, 11) is -5.50. The molecule has 0 bridgehead atoms. The van der Waals surface area contributed by atoms with E-state index in [2.05, 4.69) is 20.1 Å². The van der Waals surface area contributed by atoms with Crippen molar-refractivity contribution in [3.8, 4) is 0 Å². The van der Waals surface area contributed by atoms with E-state index < -0.39 is 22.2 Å². The lowest BCUT2D eigenvalue weighted by Crippen LogP contribution is -2.25. The lowest BCUT2D eigenvalue weighted by Gasteiger charge is -2.06. The number of rotatable bonds is 3. The fourth-order valence-corrected chi connectivity index (χ4v) is 2.48. The van der Waals surface area contributed by atoms with Gasteiger partial charge in [0.05, 0.1) is 0 Å². The number of thiophene rings is 1. The van der Waals surface area contributed by atoms with Crippen molar-refractivity contribution >= 4 is 37.4 Å². The van der Waals surface area contributed by atoms with Gasteiger partial charge in [-0.05, 0) is 22.0 Å². The maximum absolute atomic E-state index is 11.8.